The predicted molar refractivity (Wildman–Crippen MR) is 53.2 cm³/mol. The molecule has 0 aromatic heterocycles. The van der Waals surface area contributed by atoms with Crippen LogP contribution in [0.1, 0.15) is 18.1 Å². The Morgan fingerprint density at radius 3 is 2.27 bits per heavy atom. The zero-order valence-corrected chi connectivity index (χ0v) is 7.74. The van der Waals surface area contributed by atoms with E-state index in [1.807, 2.05) is 6.92 Å². The fourth-order valence-electron chi connectivity index (χ4n) is 0.993. The molecule has 0 unspecified atom stereocenters. The van der Waals surface area contributed by atoms with Crippen LogP contribution in [0.2, 0.25) is 0 Å². The number of thiocarbonyl (C=S) groups is 1. The van der Waals surface area contributed by atoms with E-state index < -0.39 is 0 Å². The van der Waals surface area contributed by atoms with E-state index in [-0.39, 0.29) is 0 Å². The van der Waals surface area contributed by atoms with Crippen molar-refractivity contribution in [1.29, 1.82) is 0 Å². The SMILES string of the molecule is CC(=S)Cc1ccc(C)cc1. The molecule has 0 nitrogen and oxygen atoms in total. The van der Waals surface area contributed by atoms with Crippen LogP contribution in [0.25, 0.3) is 0 Å². The predicted octanol–water partition coefficient (Wildman–Crippen LogP) is 2.93. The highest BCUT2D eigenvalue weighted by atomic mass is 32.1. The van der Waals surface area contributed by atoms with Crippen LogP contribution in [0.3, 0.4) is 0 Å². The number of hydrogen-bond donors (Lipinski definition) is 0. The molecule has 0 heterocycles. The lowest BCUT2D eigenvalue weighted by Crippen LogP contribution is -1.92. The van der Waals surface area contributed by atoms with Crippen LogP contribution in [0.15, 0.2) is 24.3 Å². The molecule has 0 bridgehead atoms. The number of rotatable bonds is 2. The molecule has 0 spiro atoms. The second-order valence-corrected chi connectivity index (χ2v) is 3.56. The Hall–Kier alpha value is -0.690. The van der Waals surface area contributed by atoms with Gasteiger partial charge in [0.05, 0.1) is 0 Å². The van der Waals surface area contributed by atoms with Gasteiger partial charge in [0.1, 0.15) is 0 Å². The molecule has 0 saturated heterocycles. The standard InChI is InChI=1S/C10H12S/c1-8-3-5-10(6-4-8)7-9(2)11/h3-6H,7H2,1-2H3. The summed E-state index contributed by atoms with van der Waals surface area (Å²) in [7, 11) is 0. The van der Waals surface area contributed by atoms with Gasteiger partial charge in [-0.1, -0.05) is 42.0 Å². The van der Waals surface area contributed by atoms with Gasteiger partial charge < -0.3 is 0 Å². The van der Waals surface area contributed by atoms with E-state index in [2.05, 4.69) is 31.2 Å². The van der Waals surface area contributed by atoms with E-state index in [0.29, 0.717) is 0 Å². The minimum Gasteiger partial charge on any atom is -0.0896 e. The molecule has 0 atom stereocenters. The third-order valence-corrected chi connectivity index (χ3v) is 1.72. The smallest absolute Gasteiger partial charge is 0.00354 e. The van der Waals surface area contributed by atoms with Gasteiger partial charge in [0.2, 0.25) is 0 Å². The monoisotopic (exact) mass is 164 g/mol. The number of aryl methyl sites for hydroxylation is 1. The summed E-state index contributed by atoms with van der Waals surface area (Å²) in [6, 6.07) is 8.50. The molecule has 1 aromatic rings. The highest BCUT2D eigenvalue weighted by molar-refractivity contribution is 7.80. The second-order valence-electron chi connectivity index (χ2n) is 2.86. The molecule has 0 saturated carbocycles. The van der Waals surface area contributed by atoms with Crippen molar-refractivity contribution >= 4 is 17.1 Å². The summed E-state index contributed by atoms with van der Waals surface area (Å²) < 4.78 is 0. The first-order valence-electron chi connectivity index (χ1n) is 3.73. The molecule has 1 rings (SSSR count). The third kappa shape index (κ3) is 2.81. The molecule has 0 fully saturated rings. The van der Waals surface area contributed by atoms with Gasteiger partial charge in [-0.05, 0) is 24.3 Å². The molecule has 0 aliphatic heterocycles. The highest BCUT2D eigenvalue weighted by Gasteiger charge is 1.92. The first kappa shape index (κ1) is 8.41. The summed E-state index contributed by atoms with van der Waals surface area (Å²) >= 11 is 5.01. The lowest BCUT2D eigenvalue weighted by Gasteiger charge is -1.98. The van der Waals surface area contributed by atoms with Gasteiger partial charge in [0.15, 0.2) is 0 Å². The third-order valence-electron chi connectivity index (χ3n) is 1.57. The van der Waals surface area contributed by atoms with E-state index in [1.165, 1.54) is 11.1 Å². The zero-order chi connectivity index (χ0) is 8.27. The van der Waals surface area contributed by atoms with E-state index in [1.54, 1.807) is 0 Å². The van der Waals surface area contributed by atoms with Gasteiger partial charge in [-0.25, -0.2) is 0 Å². The lowest BCUT2D eigenvalue weighted by molar-refractivity contribution is 1.32. The summed E-state index contributed by atoms with van der Waals surface area (Å²) in [6.45, 7) is 4.07. The Kier molecular flexibility index (Phi) is 2.77. The van der Waals surface area contributed by atoms with Gasteiger partial charge in [0, 0.05) is 6.42 Å². The Bertz CT molecular complexity index is 246. The molecule has 58 valence electrons. The number of hydrogen-bond acceptors (Lipinski definition) is 1. The van der Waals surface area contributed by atoms with Crippen LogP contribution >= 0.6 is 12.2 Å². The van der Waals surface area contributed by atoms with E-state index in [4.69, 9.17) is 12.2 Å². The average molecular weight is 164 g/mol. The first-order valence-corrected chi connectivity index (χ1v) is 4.14. The maximum Gasteiger partial charge on any atom is 0.00354 e. The van der Waals surface area contributed by atoms with Gasteiger partial charge >= 0.3 is 0 Å². The van der Waals surface area contributed by atoms with Crippen LogP contribution < -0.4 is 0 Å². The van der Waals surface area contributed by atoms with Gasteiger partial charge in [-0.2, -0.15) is 0 Å². The van der Waals surface area contributed by atoms with Crippen LogP contribution in [0.4, 0.5) is 0 Å². The molecule has 0 amide bonds. The molecule has 0 radical (unpaired) electrons. The van der Waals surface area contributed by atoms with Crippen molar-refractivity contribution in [3.05, 3.63) is 35.4 Å². The molecular formula is C10H12S. The summed E-state index contributed by atoms with van der Waals surface area (Å²) in [5, 5.41) is 0. The van der Waals surface area contributed by atoms with Crippen molar-refractivity contribution in [2.75, 3.05) is 0 Å². The van der Waals surface area contributed by atoms with Crippen molar-refractivity contribution in [1.82, 2.24) is 0 Å². The first-order chi connectivity index (χ1) is 5.18. The van der Waals surface area contributed by atoms with Crippen LogP contribution in [-0.2, 0) is 6.42 Å². The summed E-state index contributed by atoms with van der Waals surface area (Å²) in [5.74, 6) is 0. The molecule has 1 heteroatoms. The van der Waals surface area contributed by atoms with Crippen molar-refractivity contribution in [2.24, 2.45) is 0 Å². The molecule has 0 aliphatic carbocycles. The molecule has 0 aliphatic rings. The topological polar surface area (TPSA) is 0 Å². The van der Waals surface area contributed by atoms with Crippen molar-refractivity contribution in [2.45, 2.75) is 20.3 Å². The fraction of sp³-hybridized carbons (Fsp3) is 0.300. The molecule has 1 aromatic carbocycles. The lowest BCUT2D eigenvalue weighted by atomic mass is 10.1. The summed E-state index contributed by atoms with van der Waals surface area (Å²) in [5.41, 5.74) is 2.61. The van der Waals surface area contributed by atoms with Crippen molar-refractivity contribution < 1.29 is 0 Å². The molecule has 0 N–H and O–H groups in total. The average Bonchev–Trinajstić information content (AvgIpc) is 1.93. The second kappa shape index (κ2) is 3.63. The maximum atomic E-state index is 5.01. The van der Waals surface area contributed by atoms with Gasteiger partial charge in [-0.15, -0.1) is 0 Å². The Morgan fingerprint density at radius 2 is 1.82 bits per heavy atom. The highest BCUT2D eigenvalue weighted by Crippen LogP contribution is 2.04. The van der Waals surface area contributed by atoms with Gasteiger partial charge in [-0.3, -0.25) is 0 Å². The summed E-state index contributed by atoms with van der Waals surface area (Å²) in [6.07, 6.45) is 0.926. The largest absolute Gasteiger partial charge is 0.0896 e. The van der Waals surface area contributed by atoms with E-state index >= 15 is 0 Å². The summed E-state index contributed by atoms with van der Waals surface area (Å²) in [4.78, 5) is 1.05. The quantitative estimate of drug-likeness (QED) is 0.606. The molecule has 11 heavy (non-hydrogen) atoms. The van der Waals surface area contributed by atoms with E-state index in [9.17, 15) is 0 Å². The van der Waals surface area contributed by atoms with Crippen LogP contribution in [-0.4, -0.2) is 4.86 Å². The van der Waals surface area contributed by atoms with Crippen molar-refractivity contribution in [3.63, 3.8) is 0 Å². The normalized spacial score (nSPS) is 9.64. The van der Waals surface area contributed by atoms with Crippen LogP contribution in [0.5, 0.6) is 0 Å². The minimum absolute atomic E-state index is 0.926. The minimum atomic E-state index is 0.926. The maximum absolute atomic E-state index is 5.01. The fourth-order valence-corrected chi connectivity index (χ4v) is 1.16. The van der Waals surface area contributed by atoms with Gasteiger partial charge in [0.25, 0.3) is 0 Å². The Balaban J connectivity index is 2.74. The Morgan fingerprint density at radius 1 is 1.27 bits per heavy atom. The number of benzene rings is 1. The zero-order valence-electron chi connectivity index (χ0n) is 6.92. The van der Waals surface area contributed by atoms with Crippen molar-refractivity contribution in [3.8, 4) is 0 Å². The molecular weight excluding hydrogens is 152 g/mol. The van der Waals surface area contributed by atoms with E-state index in [0.717, 1.165) is 11.3 Å². The Labute approximate surface area is 73.2 Å². The van der Waals surface area contributed by atoms with Crippen LogP contribution in [0, 0.1) is 6.92 Å².